The summed E-state index contributed by atoms with van der Waals surface area (Å²) in [6, 6.07) is -0.928. The van der Waals surface area contributed by atoms with Gasteiger partial charge < -0.3 is 28.5 Å². The smallest absolute Gasteiger partial charge is 0.306 e. The van der Waals surface area contributed by atoms with E-state index in [1.807, 2.05) is 94.1 Å². The van der Waals surface area contributed by atoms with E-state index in [1.54, 1.807) is 0 Å². The molecule has 3 atom stereocenters. The minimum atomic E-state index is -4.73. The molecule has 0 rings (SSSR count). The van der Waals surface area contributed by atoms with Gasteiger partial charge in [-0.15, -0.1) is 0 Å². The highest BCUT2D eigenvalue weighted by atomic mass is 31.2. The van der Waals surface area contributed by atoms with Crippen LogP contribution < -0.4 is 10.2 Å². The zero-order chi connectivity index (χ0) is 59.3. The molecule has 0 radical (unpaired) electrons. The maximum atomic E-state index is 13.5. The maximum absolute atomic E-state index is 13.5. The van der Waals surface area contributed by atoms with E-state index in [0.717, 1.165) is 109 Å². The van der Waals surface area contributed by atoms with Crippen LogP contribution in [0.5, 0.6) is 0 Å². The number of unbranched alkanes of at least 4 members (excludes halogenated alkanes) is 20. The van der Waals surface area contributed by atoms with Crippen molar-refractivity contribution in [1.82, 2.24) is 5.32 Å². The van der Waals surface area contributed by atoms with Crippen LogP contribution in [0.3, 0.4) is 0 Å². The van der Waals surface area contributed by atoms with Gasteiger partial charge in [0.1, 0.15) is 19.3 Å². The van der Waals surface area contributed by atoms with E-state index >= 15 is 0 Å². The Hall–Kier alpha value is -4.37. The van der Waals surface area contributed by atoms with Gasteiger partial charge in [-0.1, -0.05) is 269 Å². The van der Waals surface area contributed by atoms with Crippen molar-refractivity contribution in [3.05, 3.63) is 158 Å². The highest BCUT2D eigenvalue weighted by Crippen LogP contribution is 2.38. The number of allylic oxidation sites excluding steroid dienone is 25. The Morgan fingerprint density at radius 1 is 0.457 bits per heavy atom. The Morgan fingerprint density at radius 2 is 0.852 bits per heavy atom. The number of amides is 1. The molecule has 0 aromatic rings. The summed E-state index contributed by atoms with van der Waals surface area (Å²) < 4.78 is 30.3. The van der Waals surface area contributed by atoms with E-state index in [1.165, 1.54) is 70.6 Å². The minimum Gasteiger partial charge on any atom is -0.756 e. The number of esters is 1. The van der Waals surface area contributed by atoms with Gasteiger partial charge in [0.05, 0.1) is 33.8 Å². The van der Waals surface area contributed by atoms with E-state index in [4.69, 9.17) is 13.8 Å². The lowest BCUT2D eigenvalue weighted by Crippen LogP contribution is -2.47. The van der Waals surface area contributed by atoms with Gasteiger partial charge >= 0.3 is 5.97 Å². The van der Waals surface area contributed by atoms with E-state index in [9.17, 15) is 19.0 Å². The van der Waals surface area contributed by atoms with Crippen molar-refractivity contribution in [2.45, 2.75) is 238 Å². The molecule has 0 saturated heterocycles. The predicted octanol–water partition coefficient (Wildman–Crippen LogP) is 19.4. The lowest BCUT2D eigenvalue weighted by molar-refractivity contribution is -0.870. The van der Waals surface area contributed by atoms with Crippen molar-refractivity contribution in [2.75, 3.05) is 40.9 Å². The third-order valence-corrected chi connectivity index (χ3v) is 14.1. The molecule has 0 aliphatic heterocycles. The minimum absolute atomic E-state index is 0.0425. The first-order chi connectivity index (χ1) is 39.4. The SMILES string of the molecule is CC\C=C/C=C/C=C/C=C\C=C\C=C\CCCCCC(=O)NC(COP(=O)([O-])OCC[N+](C)(C)C)C(/C=C\CCCCCCCCCCC)OC(=O)CCCCCCCCCC/C=C\C/C=C\C/C=C\C/C=C\C/C=C\C/C=C\CC. The van der Waals surface area contributed by atoms with E-state index < -0.39 is 26.6 Å². The summed E-state index contributed by atoms with van der Waals surface area (Å²) >= 11 is 0. The Balaban J connectivity index is 5.21. The van der Waals surface area contributed by atoms with Crippen LogP contribution in [0.2, 0.25) is 0 Å². The number of hydrogen-bond acceptors (Lipinski definition) is 7. The topological polar surface area (TPSA) is 114 Å². The third kappa shape index (κ3) is 60.1. The standard InChI is InChI=1S/C71H117N2O7P/c1-7-10-13-16-19-22-25-27-29-31-32-33-34-35-36-37-38-39-40-42-44-46-49-52-55-58-61-64-71(75)80-69(62-59-56-53-50-47-24-21-18-15-12-9-3)68(67-79-81(76,77)78-66-65-73(4,5)6)72-70(74)63-60-57-54-51-48-45-43-41-30-28-26-23-20-17-14-11-8-2/h10-11,13-14,17,19-20,22-23,26-30,32-33,35-36,38-39,41,43,45,48,59,62,68-69H,7-9,12,15-16,18,21,24-25,31,34,37,40,42,44,46-47,49-58,60-61,63-67H2,1-6H3,(H-,72,74,76,77)/b13-10-,14-11-,20-17+,22-19-,26-23+,29-27-,30-28-,33-32-,36-35-,39-38-,43-41+,48-45+,62-59-. The predicted molar refractivity (Wildman–Crippen MR) is 348 cm³/mol. The van der Waals surface area contributed by atoms with E-state index in [2.05, 4.69) is 111 Å². The number of likely N-dealkylation sites (N-methyl/N-ethyl adjacent to an activating group) is 1. The normalized spacial score (nSPS) is 14.7. The van der Waals surface area contributed by atoms with E-state index in [-0.39, 0.29) is 31.3 Å². The molecule has 0 saturated carbocycles. The molecule has 0 heterocycles. The summed E-state index contributed by atoms with van der Waals surface area (Å²) in [4.78, 5) is 40.0. The highest BCUT2D eigenvalue weighted by Gasteiger charge is 2.27. The van der Waals surface area contributed by atoms with Crippen molar-refractivity contribution >= 4 is 19.7 Å². The molecule has 0 aliphatic carbocycles. The van der Waals surface area contributed by atoms with Crippen LogP contribution in [0.25, 0.3) is 0 Å². The van der Waals surface area contributed by atoms with Crippen LogP contribution in [-0.2, 0) is 27.9 Å². The first kappa shape index (κ1) is 76.6. The van der Waals surface area contributed by atoms with Crippen LogP contribution in [0.4, 0.5) is 0 Å². The molecule has 0 bridgehead atoms. The van der Waals surface area contributed by atoms with Crippen molar-refractivity contribution in [3.8, 4) is 0 Å². The number of carbonyl (C=O) groups excluding carboxylic acids is 2. The zero-order valence-corrected chi connectivity index (χ0v) is 53.1. The van der Waals surface area contributed by atoms with Gasteiger partial charge in [-0.25, -0.2) is 0 Å². The van der Waals surface area contributed by atoms with Gasteiger partial charge in [-0.05, 0) is 102 Å². The molecular formula is C71H117N2O7P. The molecule has 9 nitrogen and oxygen atoms in total. The fraction of sp³-hybridized carbons (Fsp3) is 0.606. The molecule has 0 aromatic heterocycles. The monoisotopic (exact) mass is 1140 g/mol. The van der Waals surface area contributed by atoms with Crippen LogP contribution in [0, 0.1) is 0 Å². The summed E-state index contributed by atoms with van der Waals surface area (Å²) in [5.74, 6) is -0.616. The second kappa shape index (κ2) is 58.8. The van der Waals surface area contributed by atoms with Crippen LogP contribution in [0.1, 0.15) is 226 Å². The van der Waals surface area contributed by atoms with Crippen LogP contribution >= 0.6 is 7.82 Å². The molecule has 1 amide bonds. The number of phosphoric ester groups is 1. The van der Waals surface area contributed by atoms with Crippen LogP contribution in [0.15, 0.2) is 158 Å². The molecular weight excluding hydrogens is 1020 g/mol. The zero-order valence-electron chi connectivity index (χ0n) is 52.2. The van der Waals surface area contributed by atoms with E-state index in [0.29, 0.717) is 23.9 Å². The van der Waals surface area contributed by atoms with Gasteiger partial charge in [0.2, 0.25) is 5.91 Å². The Labute approximate surface area is 497 Å². The second-order valence-corrected chi connectivity index (χ2v) is 23.4. The first-order valence-electron chi connectivity index (χ1n) is 31.9. The van der Waals surface area contributed by atoms with Gasteiger partial charge in [-0.2, -0.15) is 0 Å². The Bertz CT molecular complexity index is 1940. The summed E-state index contributed by atoms with van der Waals surface area (Å²) in [7, 11) is 1.12. The molecule has 0 spiro atoms. The molecule has 0 aliphatic rings. The van der Waals surface area contributed by atoms with Crippen molar-refractivity contribution in [2.24, 2.45) is 0 Å². The molecule has 10 heteroatoms. The number of rotatable bonds is 55. The van der Waals surface area contributed by atoms with Gasteiger partial charge in [0.15, 0.2) is 0 Å². The quantitative estimate of drug-likeness (QED) is 0.0161. The van der Waals surface area contributed by atoms with Crippen molar-refractivity contribution in [3.63, 3.8) is 0 Å². The molecule has 0 aromatic carbocycles. The average Bonchev–Trinajstić information content (AvgIpc) is 3.44. The van der Waals surface area contributed by atoms with Gasteiger partial charge in [-0.3, -0.25) is 14.2 Å². The number of phosphoric acid groups is 1. The summed E-state index contributed by atoms with van der Waals surface area (Å²) in [6.45, 7) is 6.51. The molecule has 1 N–H and O–H groups in total. The van der Waals surface area contributed by atoms with Crippen molar-refractivity contribution in [1.29, 1.82) is 0 Å². The summed E-state index contributed by atoms with van der Waals surface area (Å²) in [6.07, 6.45) is 86.5. The number of carbonyl (C=O) groups is 2. The lowest BCUT2D eigenvalue weighted by Gasteiger charge is -2.30. The number of ether oxygens (including phenoxy) is 1. The molecule has 458 valence electrons. The van der Waals surface area contributed by atoms with Gasteiger partial charge in [0, 0.05) is 12.8 Å². The second-order valence-electron chi connectivity index (χ2n) is 21.9. The van der Waals surface area contributed by atoms with Gasteiger partial charge in [0.25, 0.3) is 7.82 Å². The fourth-order valence-corrected chi connectivity index (χ4v) is 8.98. The third-order valence-electron chi connectivity index (χ3n) is 13.1. The number of nitrogens with zero attached hydrogens (tertiary/aromatic N) is 1. The number of nitrogens with one attached hydrogen (secondary N) is 1. The summed E-state index contributed by atoms with van der Waals surface area (Å²) in [5, 5.41) is 2.99. The van der Waals surface area contributed by atoms with Crippen molar-refractivity contribution < 1.29 is 37.3 Å². The summed E-state index contributed by atoms with van der Waals surface area (Å²) in [5.41, 5.74) is 0. The first-order valence-corrected chi connectivity index (χ1v) is 33.3. The number of quaternary nitrogens is 1. The molecule has 3 unspecified atom stereocenters. The fourth-order valence-electron chi connectivity index (χ4n) is 8.26. The Kier molecular flexibility index (Phi) is 55.6. The highest BCUT2D eigenvalue weighted by molar-refractivity contribution is 7.45. The average molecular weight is 1140 g/mol. The van der Waals surface area contributed by atoms with Crippen LogP contribution in [-0.4, -0.2) is 69.4 Å². The number of hydrogen-bond donors (Lipinski definition) is 1. The maximum Gasteiger partial charge on any atom is 0.306 e. The molecule has 81 heavy (non-hydrogen) atoms. The molecule has 0 fully saturated rings. The largest absolute Gasteiger partial charge is 0.756 e. The lowest BCUT2D eigenvalue weighted by atomic mass is 10.1. The Morgan fingerprint density at radius 3 is 1.35 bits per heavy atom.